The molecule has 1 aliphatic carbocycles. The van der Waals surface area contributed by atoms with Crippen LogP contribution < -0.4 is 10.1 Å². The molecule has 0 bridgehead atoms. The standard InChI is InChI=1S/C17H22F3N3O2/c18-17(19,20)14-8-5-9-21-15(14)25-13-10-23(11-13)16(24)22-12-6-3-1-2-4-7-12/h5,8-9,12-13H,1-4,6-7,10-11H2,(H,22,24). The number of urea groups is 1. The van der Waals surface area contributed by atoms with Crippen molar-refractivity contribution in [3.8, 4) is 5.88 Å². The van der Waals surface area contributed by atoms with Gasteiger partial charge in [0.25, 0.3) is 0 Å². The number of ether oxygens (including phenoxy) is 1. The van der Waals surface area contributed by atoms with E-state index in [0.29, 0.717) is 0 Å². The Morgan fingerprint density at radius 1 is 1.20 bits per heavy atom. The highest BCUT2D eigenvalue weighted by Crippen LogP contribution is 2.35. The lowest BCUT2D eigenvalue weighted by molar-refractivity contribution is -0.140. The Labute approximate surface area is 144 Å². The molecule has 8 heteroatoms. The van der Waals surface area contributed by atoms with Crippen molar-refractivity contribution in [2.75, 3.05) is 13.1 Å². The molecular formula is C17H22F3N3O2. The van der Waals surface area contributed by atoms with Crippen molar-refractivity contribution in [1.82, 2.24) is 15.2 Å². The van der Waals surface area contributed by atoms with Gasteiger partial charge >= 0.3 is 12.2 Å². The number of carbonyl (C=O) groups excluding carboxylic acids is 1. The van der Waals surface area contributed by atoms with Gasteiger partial charge in [-0.05, 0) is 25.0 Å². The molecule has 1 aromatic rings. The molecule has 1 N–H and O–H groups in total. The highest BCUT2D eigenvalue weighted by atomic mass is 19.4. The molecule has 2 aliphatic rings. The first-order valence-corrected chi connectivity index (χ1v) is 8.68. The molecule has 0 radical (unpaired) electrons. The van der Waals surface area contributed by atoms with Gasteiger partial charge in [0.2, 0.25) is 5.88 Å². The van der Waals surface area contributed by atoms with Gasteiger partial charge in [-0.25, -0.2) is 9.78 Å². The second-order valence-electron chi connectivity index (χ2n) is 6.64. The summed E-state index contributed by atoms with van der Waals surface area (Å²) in [6.07, 6.45) is 2.92. The lowest BCUT2D eigenvalue weighted by atomic mass is 10.1. The van der Waals surface area contributed by atoms with Gasteiger partial charge in [-0.2, -0.15) is 13.2 Å². The van der Waals surface area contributed by atoms with Gasteiger partial charge < -0.3 is 15.0 Å². The predicted molar refractivity (Wildman–Crippen MR) is 85.2 cm³/mol. The molecule has 138 valence electrons. The first-order chi connectivity index (χ1) is 11.9. The molecular weight excluding hydrogens is 335 g/mol. The van der Waals surface area contributed by atoms with Crippen molar-refractivity contribution >= 4 is 6.03 Å². The average molecular weight is 357 g/mol. The monoisotopic (exact) mass is 357 g/mol. The Balaban J connectivity index is 1.49. The topological polar surface area (TPSA) is 54.5 Å². The van der Waals surface area contributed by atoms with Gasteiger partial charge in [0.1, 0.15) is 11.7 Å². The van der Waals surface area contributed by atoms with Gasteiger partial charge in [-0.1, -0.05) is 25.7 Å². The zero-order valence-corrected chi connectivity index (χ0v) is 13.9. The third-order valence-electron chi connectivity index (χ3n) is 4.67. The Kier molecular flexibility index (Phi) is 5.34. The number of likely N-dealkylation sites (tertiary alicyclic amines) is 1. The minimum atomic E-state index is -4.51. The molecule has 2 amide bonds. The minimum Gasteiger partial charge on any atom is -0.470 e. The number of carbonyl (C=O) groups is 1. The first-order valence-electron chi connectivity index (χ1n) is 8.68. The molecule has 1 aliphatic heterocycles. The summed E-state index contributed by atoms with van der Waals surface area (Å²) in [5.74, 6) is -0.427. The molecule has 2 heterocycles. The quantitative estimate of drug-likeness (QED) is 0.841. The maximum absolute atomic E-state index is 12.9. The van der Waals surface area contributed by atoms with E-state index in [9.17, 15) is 18.0 Å². The molecule has 0 spiro atoms. The van der Waals surface area contributed by atoms with Gasteiger partial charge in [0, 0.05) is 12.2 Å². The number of aromatic nitrogens is 1. The third-order valence-corrected chi connectivity index (χ3v) is 4.67. The van der Waals surface area contributed by atoms with Crippen LogP contribution in [0.3, 0.4) is 0 Å². The number of pyridine rings is 1. The van der Waals surface area contributed by atoms with E-state index in [2.05, 4.69) is 10.3 Å². The van der Waals surface area contributed by atoms with E-state index in [4.69, 9.17) is 4.74 Å². The van der Waals surface area contributed by atoms with Crippen LogP contribution in [0.4, 0.5) is 18.0 Å². The summed E-state index contributed by atoms with van der Waals surface area (Å²) in [6, 6.07) is 2.20. The molecule has 1 aromatic heterocycles. The van der Waals surface area contributed by atoms with Crippen LogP contribution >= 0.6 is 0 Å². The van der Waals surface area contributed by atoms with E-state index in [1.165, 1.54) is 25.1 Å². The van der Waals surface area contributed by atoms with Gasteiger partial charge in [-0.3, -0.25) is 0 Å². The van der Waals surface area contributed by atoms with Crippen LogP contribution in [-0.4, -0.2) is 41.2 Å². The highest BCUT2D eigenvalue weighted by molar-refractivity contribution is 5.75. The maximum Gasteiger partial charge on any atom is 0.421 e. The lowest BCUT2D eigenvalue weighted by Crippen LogP contribution is -2.60. The van der Waals surface area contributed by atoms with E-state index in [1.54, 1.807) is 4.90 Å². The summed E-state index contributed by atoms with van der Waals surface area (Å²) in [5.41, 5.74) is -0.892. The largest absolute Gasteiger partial charge is 0.470 e. The Morgan fingerprint density at radius 3 is 2.52 bits per heavy atom. The smallest absolute Gasteiger partial charge is 0.421 e. The van der Waals surface area contributed by atoms with Crippen molar-refractivity contribution in [3.63, 3.8) is 0 Å². The second kappa shape index (κ2) is 7.49. The van der Waals surface area contributed by atoms with Crippen molar-refractivity contribution in [2.45, 2.75) is 56.8 Å². The first kappa shape index (κ1) is 17.8. The summed E-state index contributed by atoms with van der Waals surface area (Å²) in [7, 11) is 0. The zero-order valence-electron chi connectivity index (χ0n) is 13.9. The summed E-state index contributed by atoms with van der Waals surface area (Å²) in [4.78, 5) is 17.4. The van der Waals surface area contributed by atoms with Crippen LogP contribution in [0.15, 0.2) is 18.3 Å². The molecule has 5 nitrogen and oxygen atoms in total. The molecule has 25 heavy (non-hydrogen) atoms. The molecule has 0 aromatic carbocycles. The fraction of sp³-hybridized carbons (Fsp3) is 0.647. The number of hydrogen-bond acceptors (Lipinski definition) is 3. The van der Waals surface area contributed by atoms with E-state index in [-0.39, 0.29) is 25.2 Å². The fourth-order valence-corrected chi connectivity index (χ4v) is 3.23. The normalized spacial score (nSPS) is 19.9. The zero-order chi connectivity index (χ0) is 17.9. The molecule has 1 saturated carbocycles. The Hall–Kier alpha value is -1.99. The molecule has 1 saturated heterocycles. The minimum absolute atomic E-state index is 0.163. The van der Waals surface area contributed by atoms with E-state index in [0.717, 1.165) is 31.7 Å². The number of halogens is 3. The van der Waals surface area contributed by atoms with Crippen molar-refractivity contribution < 1.29 is 22.7 Å². The summed E-state index contributed by atoms with van der Waals surface area (Å²) in [6.45, 7) is 0.541. The Morgan fingerprint density at radius 2 is 1.88 bits per heavy atom. The number of amides is 2. The van der Waals surface area contributed by atoms with Crippen molar-refractivity contribution in [1.29, 1.82) is 0 Å². The molecule has 0 unspecified atom stereocenters. The lowest BCUT2D eigenvalue weighted by Gasteiger charge is -2.39. The van der Waals surface area contributed by atoms with E-state index < -0.39 is 23.7 Å². The van der Waals surface area contributed by atoms with Crippen LogP contribution in [0.2, 0.25) is 0 Å². The van der Waals surface area contributed by atoms with Gasteiger partial charge in [0.05, 0.1) is 13.1 Å². The van der Waals surface area contributed by atoms with Gasteiger partial charge in [0.15, 0.2) is 0 Å². The second-order valence-corrected chi connectivity index (χ2v) is 6.64. The fourth-order valence-electron chi connectivity index (χ4n) is 3.23. The van der Waals surface area contributed by atoms with Crippen LogP contribution in [0.5, 0.6) is 5.88 Å². The molecule has 3 rings (SSSR count). The summed E-state index contributed by atoms with van der Waals surface area (Å²) >= 11 is 0. The van der Waals surface area contributed by atoms with E-state index >= 15 is 0 Å². The maximum atomic E-state index is 12.9. The number of rotatable bonds is 3. The summed E-state index contributed by atoms with van der Waals surface area (Å²) in [5, 5.41) is 3.02. The summed E-state index contributed by atoms with van der Waals surface area (Å²) < 4.78 is 44.1. The number of alkyl halides is 3. The molecule has 2 fully saturated rings. The number of nitrogens with zero attached hydrogens (tertiary/aromatic N) is 2. The number of nitrogens with one attached hydrogen (secondary N) is 1. The predicted octanol–water partition coefficient (Wildman–Crippen LogP) is 3.60. The third kappa shape index (κ3) is 4.55. The van der Waals surface area contributed by atoms with Crippen LogP contribution in [0.25, 0.3) is 0 Å². The Bertz CT molecular complexity index is 595. The van der Waals surface area contributed by atoms with E-state index in [1.807, 2.05) is 0 Å². The van der Waals surface area contributed by atoms with Crippen LogP contribution in [0.1, 0.15) is 44.1 Å². The SMILES string of the molecule is O=C(NC1CCCCCC1)N1CC(Oc2ncccc2C(F)(F)F)C1. The van der Waals surface area contributed by atoms with Crippen molar-refractivity contribution in [3.05, 3.63) is 23.9 Å². The van der Waals surface area contributed by atoms with Crippen molar-refractivity contribution in [2.24, 2.45) is 0 Å². The average Bonchev–Trinajstić information content (AvgIpc) is 2.78. The van der Waals surface area contributed by atoms with Crippen LogP contribution in [0, 0.1) is 0 Å². The molecule has 0 atom stereocenters. The number of hydrogen-bond donors (Lipinski definition) is 1. The van der Waals surface area contributed by atoms with Crippen LogP contribution in [-0.2, 0) is 6.18 Å². The van der Waals surface area contributed by atoms with Gasteiger partial charge in [-0.15, -0.1) is 0 Å². The highest BCUT2D eigenvalue weighted by Gasteiger charge is 2.38.